The standard InChI is InChI=1S/C11H13ClN2/c1-2-10(13)9-6-14-11-5-7(12)3-4-8(9)11/h3-6,10,14H,2,13H2,1H3/t10-/m0/s1. The average Bonchev–Trinajstić information content (AvgIpc) is 2.59. The zero-order valence-corrected chi connectivity index (χ0v) is 8.81. The molecular formula is C11H13ClN2. The van der Waals surface area contributed by atoms with Gasteiger partial charge >= 0.3 is 0 Å². The Kier molecular flexibility index (Phi) is 2.48. The third kappa shape index (κ3) is 1.51. The van der Waals surface area contributed by atoms with Crippen molar-refractivity contribution in [3.05, 3.63) is 35.0 Å². The molecule has 1 atom stereocenters. The summed E-state index contributed by atoms with van der Waals surface area (Å²) in [6, 6.07) is 5.93. The van der Waals surface area contributed by atoms with Crippen LogP contribution in [0.25, 0.3) is 10.9 Å². The summed E-state index contributed by atoms with van der Waals surface area (Å²) in [5.41, 5.74) is 8.21. The first-order chi connectivity index (χ1) is 6.72. The van der Waals surface area contributed by atoms with E-state index >= 15 is 0 Å². The maximum absolute atomic E-state index is 5.99. The van der Waals surface area contributed by atoms with E-state index in [9.17, 15) is 0 Å². The molecule has 0 saturated carbocycles. The molecule has 0 aliphatic rings. The number of aromatic nitrogens is 1. The predicted octanol–water partition coefficient (Wildman–Crippen LogP) is 3.23. The number of rotatable bonds is 2. The third-order valence-electron chi connectivity index (χ3n) is 2.52. The van der Waals surface area contributed by atoms with Crippen LogP contribution < -0.4 is 5.73 Å². The number of aromatic amines is 1. The topological polar surface area (TPSA) is 41.8 Å². The van der Waals surface area contributed by atoms with Crippen molar-refractivity contribution in [2.75, 3.05) is 0 Å². The molecule has 3 heteroatoms. The predicted molar refractivity (Wildman–Crippen MR) is 60.5 cm³/mol. The molecule has 2 nitrogen and oxygen atoms in total. The lowest BCUT2D eigenvalue weighted by atomic mass is 10.0. The van der Waals surface area contributed by atoms with E-state index in [2.05, 4.69) is 11.9 Å². The number of nitrogens with one attached hydrogen (secondary N) is 1. The fraction of sp³-hybridized carbons (Fsp3) is 0.273. The molecule has 1 aromatic carbocycles. The molecule has 0 fully saturated rings. The van der Waals surface area contributed by atoms with Crippen LogP contribution in [0, 0.1) is 0 Å². The molecule has 0 aliphatic heterocycles. The molecule has 0 unspecified atom stereocenters. The third-order valence-corrected chi connectivity index (χ3v) is 2.75. The molecule has 74 valence electrons. The number of hydrogen-bond donors (Lipinski definition) is 2. The molecule has 2 rings (SSSR count). The lowest BCUT2D eigenvalue weighted by Crippen LogP contribution is -2.07. The van der Waals surface area contributed by atoms with E-state index in [1.165, 1.54) is 10.9 Å². The van der Waals surface area contributed by atoms with Gasteiger partial charge in [-0.15, -0.1) is 0 Å². The molecule has 0 saturated heterocycles. The molecule has 0 spiro atoms. The van der Waals surface area contributed by atoms with Crippen LogP contribution in [0.3, 0.4) is 0 Å². The van der Waals surface area contributed by atoms with Gasteiger partial charge in [-0.2, -0.15) is 0 Å². The number of halogens is 1. The normalized spacial score (nSPS) is 13.4. The van der Waals surface area contributed by atoms with E-state index in [-0.39, 0.29) is 6.04 Å². The molecule has 2 aromatic rings. The quantitative estimate of drug-likeness (QED) is 0.782. The highest BCUT2D eigenvalue weighted by Gasteiger charge is 2.09. The summed E-state index contributed by atoms with van der Waals surface area (Å²) < 4.78 is 0. The molecule has 0 radical (unpaired) electrons. The van der Waals surface area contributed by atoms with Gasteiger partial charge in [0.15, 0.2) is 0 Å². The first kappa shape index (κ1) is 9.56. The minimum Gasteiger partial charge on any atom is -0.361 e. The Morgan fingerprint density at radius 1 is 1.50 bits per heavy atom. The number of fused-ring (bicyclic) bond motifs is 1. The zero-order chi connectivity index (χ0) is 10.1. The lowest BCUT2D eigenvalue weighted by molar-refractivity contribution is 0.704. The van der Waals surface area contributed by atoms with Gasteiger partial charge < -0.3 is 10.7 Å². The van der Waals surface area contributed by atoms with Crippen LogP contribution in [0.1, 0.15) is 24.9 Å². The van der Waals surface area contributed by atoms with E-state index in [1.54, 1.807) is 0 Å². The van der Waals surface area contributed by atoms with Gasteiger partial charge in [0.2, 0.25) is 0 Å². The second kappa shape index (κ2) is 3.64. The summed E-state index contributed by atoms with van der Waals surface area (Å²) in [7, 11) is 0. The Labute approximate surface area is 88.1 Å². The van der Waals surface area contributed by atoms with Crippen LogP contribution in [-0.2, 0) is 0 Å². The second-order valence-electron chi connectivity index (χ2n) is 3.45. The van der Waals surface area contributed by atoms with Gasteiger partial charge in [0.1, 0.15) is 0 Å². The Morgan fingerprint density at radius 2 is 2.29 bits per heavy atom. The highest BCUT2D eigenvalue weighted by atomic mass is 35.5. The Balaban J connectivity index is 2.58. The van der Waals surface area contributed by atoms with Gasteiger partial charge in [0, 0.05) is 28.2 Å². The minimum atomic E-state index is 0.102. The van der Waals surface area contributed by atoms with Crippen molar-refractivity contribution < 1.29 is 0 Å². The van der Waals surface area contributed by atoms with Gasteiger partial charge in [-0.25, -0.2) is 0 Å². The van der Waals surface area contributed by atoms with Crippen molar-refractivity contribution in [3.63, 3.8) is 0 Å². The van der Waals surface area contributed by atoms with Gasteiger partial charge in [-0.1, -0.05) is 24.6 Å². The van der Waals surface area contributed by atoms with Gasteiger partial charge in [-0.05, 0) is 24.1 Å². The van der Waals surface area contributed by atoms with Crippen LogP contribution in [0.4, 0.5) is 0 Å². The lowest BCUT2D eigenvalue weighted by Gasteiger charge is -2.06. The first-order valence-corrected chi connectivity index (χ1v) is 5.12. The van der Waals surface area contributed by atoms with E-state index in [4.69, 9.17) is 17.3 Å². The van der Waals surface area contributed by atoms with Crippen molar-refractivity contribution in [1.29, 1.82) is 0 Å². The van der Waals surface area contributed by atoms with Gasteiger partial charge in [0.25, 0.3) is 0 Å². The summed E-state index contributed by atoms with van der Waals surface area (Å²) in [4.78, 5) is 3.18. The van der Waals surface area contributed by atoms with Crippen molar-refractivity contribution in [2.45, 2.75) is 19.4 Å². The second-order valence-corrected chi connectivity index (χ2v) is 3.89. The molecule has 0 aliphatic carbocycles. The van der Waals surface area contributed by atoms with Gasteiger partial charge in [0.05, 0.1) is 0 Å². The maximum atomic E-state index is 5.99. The molecule has 1 aromatic heterocycles. The SMILES string of the molecule is CC[C@H](N)c1c[nH]c2cc(Cl)ccc12. The fourth-order valence-corrected chi connectivity index (χ4v) is 1.82. The summed E-state index contributed by atoms with van der Waals surface area (Å²) in [5.74, 6) is 0. The van der Waals surface area contributed by atoms with Crippen LogP contribution in [-0.4, -0.2) is 4.98 Å². The maximum Gasteiger partial charge on any atom is 0.0472 e. The summed E-state index contributed by atoms with van der Waals surface area (Å²) in [6.07, 6.45) is 2.91. The molecule has 0 bridgehead atoms. The van der Waals surface area contributed by atoms with Crippen molar-refractivity contribution in [2.24, 2.45) is 5.73 Å². The number of benzene rings is 1. The monoisotopic (exact) mass is 208 g/mol. The minimum absolute atomic E-state index is 0.102. The van der Waals surface area contributed by atoms with E-state index in [1.807, 2.05) is 24.4 Å². The molecular weight excluding hydrogens is 196 g/mol. The summed E-state index contributed by atoms with van der Waals surface area (Å²) in [6.45, 7) is 2.08. The van der Waals surface area contributed by atoms with E-state index in [0.29, 0.717) is 0 Å². The molecule has 3 N–H and O–H groups in total. The molecule has 0 amide bonds. The largest absolute Gasteiger partial charge is 0.361 e. The van der Waals surface area contributed by atoms with Gasteiger partial charge in [-0.3, -0.25) is 0 Å². The number of hydrogen-bond acceptors (Lipinski definition) is 1. The van der Waals surface area contributed by atoms with Crippen molar-refractivity contribution in [1.82, 2.24) is 4.98 Å². The Hall–Kier alpha value is -0.990. The van der Waals surface area contributed by atoms with Crippen molar-refractivity contribution in [3.8, 4) is 0 Å². The highest BCUT2D eigenvalue weighted by molar-refractivity contribution is 6.31. The summed E-state index contributed by atoms with van der Waals surface area (Å²) in [5, 5.41) is 1.92. The van der Waals surface area contributed by atoms with Crippen LogP contribution >= 0.6 is 11.6 Å². The van der Waals surface area contributed by atoms with Crippen LogP contribution in [0.5, 0.6) is 0 Å². The number of nitrogens with two attached hydrogens (primary N) is 1. The highest BCUT2D eigenvalue weighted by Crippen LogP contribution is 2.26. The average molecular weight is 209 g/mol. The van der Waals surface area contributed by atoms with E-state index in [0.717, 1.165) is 17.0 Å². The fourth-order valence-electron chi connectivity index (χ4n) is 1.65. The smallest absolute Gasteiger partial charge is 0.0472 e. The summed E-state index contributed by atoms with van der Waals surface area (Å²) >= 11 is 5.89. The number of H-pyrrole nitrogens is 1. The van der Waals surface area contributed by atoms with Crippen molar-refractivity contribution >= 4 is 22.5 Å². The Bertz CT molecular complexity index is 447. The van der Waals surface area contributed by atoms with Crippen LogP contribution in [0.15, 0.2) is 24.4 Å². The molecule has 1 heterocycles. The Morgan fingerprint density at radius 3 is 3.00 bits per heavy atom. The zero-order valence-electron chi connectivity index (χ0n) is 8.05. The van der Waals surface area contributed by atoms with Crippen LogP contribution in [0.2, 0.25) is 5.02 Å². The first-order valence-electron chi connectivity index (χ1n) is 4.74. The molecule has 14 heavy (non-hydrogen) atoms. The van der Waals surface area contributed by atoms with E-state index < -0.39 is 0 Å².